The minimum Gasteiger partial charge on any atom is -0.333 e. The number of halogens is 4. The monoisotopic (exact) mass is 378 g/mol. The number of nitrogens with one attached hydrogen (secondary N) is 2. The molecule has 2 N–H and O–H groups in total. The Kier molecular flexibility index (Phi) is 4.89. The van der Waals surface area contributed by atoms with Gasteiger partial charge in [-0.05, 0) is 46.3 Å². The Morgan fingerprint density at radius 2 is 1.90 bits per heavy atom. The molecule has 0 aliphatic rings. The predicted octanol–water partition coefficient (Wildman–Crippen LogP) is 4.85. The smallest absolute Gasteiger partial charge is 0.333 e. The average molecular weight is 379 g/mol. The molecular formula is C13H10BrF3N2OS. The summed E-state index contributed by atoms with van der Waals surface area (Å²) in [5, 5.41) is 6.99. The predicted molar refractivity (Wildman–Crippen MR) is 79.3 cm³/mol. The van der Waals surface area contributed by atoms with Gasteiger partial charge in [-0.15, -0.1) is 11.3 Å². The van der Waals surface area contributed by atoms with Crippen LogP contribution >= 0.6 is 27.3 Å². The van der Waals surface area contributed by atoms with Crippen molar-refractivity contribution in [2.45, 2.75) is 12.7 Å². The summed E-state index contributed by atoms with van der Waals surface area (Å²) in [6.45, 7) is 0.350. The van der Waals surface area contributed by atoms with Gasteiger partial charge in [-0.2, -0.15) is 13.2 Å². The number of rotatable bonds is 3. The first kappa shape index (κ1) is 15.8. The van der Waals surface area contributed by atoms with Gasteiger partial charge in [0.2, 0.25) is 0 Å². The van der Waals surface area contributed by atoms with Crippen molar-refractivity contribution in [1.82, 2.24) is 5.32 Å². The van der Waals surface area contributed by atoms with Crippen molar-refractivity contribution in [3.63, 3.8) is 0 Å². The van der Waals surface area contributed by atoms with Gasteiger partial charge in [0.05, 0.1) is 12.1 Å². The Bertz CT molecular complexity index is 625. The third-order valence-corrected chi connectivity index (χ3v) is 4.21. The van der Waals surface area contributed by atoms with Crippen LogP contribution in [-0.4, -0.2) is 6.03 Å². The van der Waals surface area contributed by atoms with E-state index in [0.29, 0.717) is 12.2 Å². The van der Waals surface area contributed by atoms with Crippen LogP contribution in [0, 0.1) is 0 Å². The zero-order valence-electron chi connectivity index (χ0n) is 10.5. The molecule has 0 atom stereocenters. The Morgan fingerprint density at radius 3 is 2.43 bits per heavy atom. The lowest BCUT2D eigenvalue weighted by atomic mass is 10.2. The first-order chi connectivity index (χ1) is 9.84. The first-order valence-corrected chi connectivity index (χ1v) is 7.47. The minimum absolute atomic E-state index is 0.299. The third kappa shape index (κ3) is 4.75. The zero-order valence-corrected chi connectivity index (χ0v) is 12.9. The minimum atomic E-state index is -4.38. The molecule has 0 saturated heterocycles. The molecule has 0 radical (unpaired) electrons. The molecule has 112 valence electrons. The topological polar surface area (TPSA) is 41.1 Å². The van der Waals surface area contributed by atoms with E-state index in [9.17, 15) is 18.0 Å². The largest absolute Gasteiger partial charge is 0.416 e. The maximum absolute atomic E-state index is 12.4. The number of hydrogen-bond donors (Lipinski definition) is 2. The Hall–Kier alpha value is -1.54. The highest BCUT2D eigenvalue weighted by Crippen LogP contribution is 2.29. The van der Waals surface area contributed by atoms with Gasteiger partial charge in [0.1, 0.15) is 0 Å². The van der Waals surface area contributed by atoms with Gasteiger partial charge in [-0.1, -0.05) is 0 Å². The lowest BCUT2D eigenvalue weighted by molar-refractivity contribution is -0.137. The van der Waals surface area contributed by atoms with Gasteiger partial charge in [0.25, 0.3) is 0 Å². The third-order valence-electron chi connectivity index (χ3n) is 2.52. The fourth-order valence-electron chi connectivity index (χ4n) is 1.53. The van der Waals surface area contributed by atoms with Gasteiger partial charge < -0.3 is 10.6 Å². The molecule has 0 bridgehead atoms. The average Bonchev–Trinajstić information content (AvgIpc) is 2.82. The number of carbonyl (C=O) groups excluding carboxylic acids is 1. The van der Waals surface area contributed by atoms with Gasteiger partial charge >= 0.3 is 12.2 Å². The van der Waals surface area contributed by atoms with Crippen molar-refractivity contribution in [2.75, 3.05) is 5.32 Å². The quantitative estimate of drug-likeness (QED) is 0.787. The van der Waals surface area contributed by atoms with Crippen LogP contribution in [0.4, 0.5) is 23.7 Å². The fourth-order valence-corrected chi connectivity index (χ4v) is 2.92. The molecule has 2 amide bonds. The Labute approximate surface area is 131 Å². The molecule has 21 heavy (non-hydrogen) atoms. The summed E-state index contributed by atoms with van der Waals surface area (Å²) < 4.78 is 38.1. The summed E-state index contributed by atoms with van der Waals surface area (Å²) in [4.78, 5) is 12.6. The highest BCUT2D eigenvalue weighted by atomic mass is 79.9. The molecule has 0 aliphatic carbocycles. The summed E-state index contributed by atoms with van der Waals surface area (Å²) in [5.41, 5.74) is -0.454. The number of anilines is 1. The summed E-state index contributed by atoms with van der Waals surface area (Å²) in [5.74, 6) is 0. The van der Waals surface area contributed by atoms with Crippen molar-refractivity contribution in [2.24, 2.45) is 0 Å². The number of alkyl halides is 3. The highest BCUT2D eigenvalue weighted by Gasteiger charge is 2.29. The molecule has 1 aromatic heterocycles. The molecule has 0 saturated carbocycles. The van der Waals surface area contributed by atoms with Gasteiger partial charge in [0, 0.05) is 20.4 Å². The standard InChI is InChI=1S/C13H10BrF3N2OS/c14-9-5-11(21-7-9)6-18-12(20)19-10-3-1-8(2-4-10)13(15,16)17/h1-5,7H,6H2,(H2,18,19,20). The van der Waals surface area contributed by atoms with Crippen LogP contribution in [0.5, 0.6) is 0 Å². The van der Waals surface area contributed by atoms with E-state index >= 15 is 0 Å². The van der Waals surface area contributed by atoms with Gasteiger partial charge in [-0.3, -0.25) is 0 Å². The summed E-state index contributed by atoms with van der Waals surface area (Å²) >= 11 is 4.79. The van der Waals surface area contributed by atoms with Gasteiger partial charge in [0.15, 0.2) is 0 Å². The molecule has 1 aromatic carbocycles. The van der Waals surface area contributed by atoms with E-state index in [2.05, 4.69) is 26.6 Å². The van der Waals surface area contributed by atoms with E-state index < -0.39 is 17.8 Å². The number of urea groups is 1. The number of benzene rings is 1. The van der Waals surface area contributed by atoms with E-state index in [1.165, 1.54) is 23.5 Å². The Balaban J connectivity index is 1.88. The van der Waals surface area contributed by atoms with Crippen molar-refractivity contribution >= 4 is 39.0 Å². The second-order valence-electron chi connectivity index (χ2n) is 4.11. The number of hydrogen-bond acceptors (Lipinski definition) is 2. The van der Waals surface area contributed by atoms with E-state index in [1.807, 2.05) is 11.4 Å². The maximum Gasteiger partial charge on any atom is 0.416 e. The molecule has 0 aliphatic heterocycles. The molecule has 2 rings (SSSR count). The summed E-state index contributed by atoms with van der Waals surface area (Å²) in [7, 11) is 0. The first-order valence-electron chi connectivity index (χ1n) is 5.79. The van der Waals surface area contributed by atoms with Crippen molar-refractivity contribution < 1.29 is 18.0 Å². The lowest BCUT2D eigenvalue weighted by Gasteiger charge is -2.09. The maximum atomic E-state index is 12.4. The van der Waals surface area contributed by atoms with E-state index in [-0.39, 0.29) is 0 Å². The number of carbonyl (C=O) groups is 1. The van der Waals surface area contributed by atoms with Crippen LogP contribution in [0.25, 0.3) is 0 Å². The van der Waals surface area contributed by atoms with Crippen LogP contribution in [0.2, 0.25) is 0 Å². The molecule has 0 spiro atoms. The molecule has 1 heterocycles. The van der Waals surface area contributed by atoms with Gasteiger partial charge in [-0.25, -0.2) is 4.79 Å². The normalized spacial score (nSPS) is 11.2. The van der Waals surface area contributed by atoms with E-state index in [1.54, 1.807) is 0 Å². The second kappa shape index (κ2) is 6.48. The second-order valence-corrected chi connectivity index (χ2v) is 6.03. The van der Waals surface area contributed by atoms with E-state index in [0.717, 1.165) is 21.5 Å². The molecule has 3 nitrogen and oxygen atoms in total. The zero-order chi connectivity index (χ0) is 15.5. The molecular weight excluding hydrogens is 369 g/mol. The fraction of sp³-hybridized carbons (Fsp3) is 0.154. The molecule has 0 fully saturated rings. The van der Waals surface area contributed by atoms with Crippen LogP contribution < -0.4 is 10.6 Å². The van der Waals surface area contributed by atoms with Crippen LogP contribution in [0.3, 0.4) is 0 Å². The van der Waals surface area contributed by atoms with Crippen LogP contribution in [0.15, 0.2) is 40.2 Å². The van der Waals surface area contributed by atoms with Crippen LogP contribution in [0.1, 0.15) is 10.4 Å². The highest BCUT2D eigenvalue weighted by molar-refractivity contribution is 9.10. The Morgan fingerprint density at radius 1 is 1.24 bits per heavy atom. The summed E-state index contributed by atoms with van der Waals surface area (Å²) in [6, 6.07) is 5.68. The lowest BCUT2D eigenvalue weighted by Crippen LogP contribution is -2.27. The number of thiophene rings is 1. The van der Waals surface area contributed by atoms with E-state index in [4.69, 9.17) is 0 Å². The van der Waals surface area contributed by atoms with Crippen LogP contribution in [-0.2, 0) is 12.7 Å². The van der Waals surface area contributed by atoms with Crippen molar-refractivity contribution in [3.8, 4) is 0 Å². The molecule has 8 heteroatoms. The summed E-state index contributed by atoms with van der Waals surface area (Å²) in [6.07, 6.45) is -4.38. The molecule has 2 aromatic rings. The number of amides is 2. The molecule has 0 unspecified atom stereocenters. The SMILES string of the molecule is O=C(NCc1cc(Br)cs1)Nc1ccc(C(F)(F)F)cc1. The van der Waals surface area contributed by atoms with Crippen molar-refractivity contribution in [3.05, 3.63) is 50.6 Å². The van der Waals surface area contributed by atoms with Crippen molar-refractivity contribution in [1.29, 1.82) is 0 Å².